The zero-order valence-electron chi connectivity index (χ0n) is 12.8. The molecule has 0 spiro atoms. The number of carboxylic acid groups (broad SMARTS) is 1. The number of hydrogen-bond acceptors (Lipinski definition) is 5. The predicted octanol–water partition coefficient (Wildman–Crippen LogP) is 2.21. The van der Waals surface area contributed by atoms with Crippen LogP contribution in [0.25, 0.3) is 0 Å². The molecular formula is C16H20N2O4S. The maximum atomic E-state index is 13.1. The molecule has 1 aromatic rings. The molecule has 5 N–H and O–H groups in total. The lowest BCUT2D eigenvalue weighted by Gasteiger charge is -2.35. The number of aromatic carboxylic acids is 1. The van der Waals surface area contributed by atoms with Crippen molar-refractivity contribution in [2.24, 2.45) is 17.1 Å². The first-order valence-electron chi connectivity index (χ1n) is 7.81. The Morgan fingerprint density at radius 3 is 2.61 bits per heavy atom. The standard InChI is InChI=1S/C16H20N2O4S/c17-10(19)4-6-16(7-8-1-2-8)5-3-9-11(15(21)22)14(18)23-12(9)13(16)20/h8H,1-7,18H2,(H2,17,19)(H,21,22). The number of ketones is 1. The summed E-state index contributed by atoms with van der Waals surface area (Å²) in [6, 6.07) is 0. The maximum absolute atomic E-state index is 13.1. The fraction of sp³-hybridized carbons (Fsp3) is 0.562. The summed E-state index contributed by atoms with van der Waals surface area (Å²) in [6.07, 6.45) is 4.70. The van der Waals surface area contributed by atoms with E-state index in [0.717, 1.165) is 30.6 Å². The van der Waals surface area contributed by atoms with Gasteiger partial charge in [0.15, 0.2) is 5.78 Å². The van der Waals surface area contributed by atoms with Crippen molar-refractivity contribution in [2.45, 2.75) is 44.9 Å². The summed E-state index contributed by atoms with van der Waals surface area (Å²) < 4.78 is 0. The van der Waals surface area contributed by atoms with E-state index in [9.17, 15) is 19.5 Å². The highest BCUT2D eigenvalue weighted by Gasteiger charge is 2.47. The zero-order chi connectivity index (χ0) is 16.8. The molecule has 1 heterocycles. The van der Waals surface area contributed by atoms with Gasteiger partial charge in [-0.2, -0.15) is 0 Å². The molecule has 6 nitrogen and oxygen atoms in total. The summed E-state index contributed by atoms with van der Waals surface area (Å²) in [4.78, 5) is 36.2. The number of nitrogen functional groups attached to an aromatic ring is 1. The number of hydrogen-bond donors (Lipinski definition) is 3. The van der Waals surface area contributed by atoms with E-state index in [1.54, 1.807) is 0 Å². The second kappa shape index (κ2) is 5.63. The Bertz CT molecular complexity index is 692. The van der Waals surface area contributed by atoms with Crippen molar-refractivity contribution in [3.8, 4) is 0 Å². The highest BCUT2D eigenvalue weighted by molar-refractivity contribution is 7.18. The number of Topliss-reactive ketones (excluding diaryl/α,β-unsaturated/α-hetero) is 1. The van der Waals surface area contributed by atoms with E-state index >= 15 is 0 Å². The molecular weight excluding hydrogens is 316 g/mol. The van der Waals surface area contributed by atoms with Crippen LogP contribution in [0, 0.1) is 11.3 Å². The average molecular weight is 336 g/mol. The number of nitrogens with two attached hydrogens (primary N) is 2. The molecule has 3 rings (SSSR count). The minimum atomic E-state index is -1.08. The summed E-state index contributed by atoms with van der Waals surface area (Å²) in [7, 11) is 0. The number of fused-ring (bicyclic) bond motifs is 1. The van der Waals surface area contributed by atoms with E-state index in [0.29, 0.717) is 35.6 Å². The molecule has 2 aliphatic carbocycles. The number of rotatable bonds is 6. The Labute approximate surface area is 137 Å². The number of carbonyl (C=O) groups excluding carboxylic acids is 2. The Kier molecular flexibility index (Phi) is 3.91. The monoisotopic (exact) mass is 336 g/mol. The van der Waals surface area contributed by atoms with Gasteiger partial charge >= 0.3 is 5.97 Å². The quantitative estimate of drug-likeness (QED) is 0.735. The average Bonchev–Trinajstić information content (AvgIpc) is 3.21. The highest BCUT2D eigenvalue weighted by Crippen LogP contribution is 2.51. The van der Waals surface area contributed by atoms with Gasteiger partial charge < -0.3 is 16.6 Å². The number of anilines is 1. The largest absolute Gasteiger partial charge is 0.478 e. The van der Waals surface area contributed by atoms with Crippen LogP contribution < -0.4 is 11.5 Å². The lowest BCUT2D eigenvalue weighted by Crippen LogP contribution is -2.37. The Morgan fingerprint density at radius 1 is 1.35 bits per heavy atom. The van der Waals surface area contributed by atoms with Crippen molar-refractivity contribution >= 4 is 34.0 Å². The van der Waals surface area contributed by atoms with Crippen LogP contribution in [0.2, 0.25) is 0 Å². The van der Waals surface area contributed by atoms with E-state index in [1.807, 2.05) is 0 Å². The van der Waals surface area contributed by atoms with Gasteiger partial charge in [0.05, 0.1) is 10.4 Å². The molecule has 0 bridgehead atoms. The lowest BCUT2D eigenvalue weighted by atomic mass is 9.67. The van der Waals surface area contributed by atoms with Crippen molar-refractivity contribution < 1.29 is 19.5 Å². The number of carbonyl (C=O) groups is 3. The molecule has 7 heteroatoms. The molecule has 1 amide bonds. The third-order valence-corrected chi connectivity index (χ3v) is 6.08. The molecule has 1 unspecified atom stereocenters. The van der Waals surface area contributed by atoms with Crippen molar-refractivity contribution in [1.82, 2.24) is 0 Å². The molecule has 1 aromatic heterocycles. The van der Waals surface area contributed by atoms with Crippen LogP contribution in [0.3, 0.4) is 0 Å². The van der Waals surface area contributed by atoms with Gasteiger partial charge in [-0.05, 0) is 37.2 Å². The van der Waals surface area contributed by atoms with E-state index in [2.05, 4.69) is 0 Å². The second-order valence-corrected chi connectivity index (χ2v) is 7.73. The second-order valence-electron chi connectivity index (χ2n) is 6.68. The molecule has 0 aliphatic heterocycles. The number of thiophene rings is 1. The first kappa shape index (κ1) is 16.0. The summed E-state index contributed by atoms with van der Waals surface area (Å²) in [5.41, 5.74) is 11.2. The summed E-state index contributed by atoms with van der Waals surface area (Å²) in [6.45, 7) is 0. The zero-order valence-corrected chi connectivity index (χ0v) is 13.6. The van der Waals surface area contributed by atoms with Gasteiger partial charge in [-0.1, -0.05) is 12.8 Å². The van der Waals surface area contributed by atoms with Gasteiger partial charge in [-0.25, -0.2) is 4.79 Å². The Morgan fingerprint density at radius 2 is 2.04 bits per heavy atom. The minimum absolute atomic E-state index is 0.0453. The van der Waals surface area contributed by atoms with Crippen molar-refractivity contribution in [2.75, 3.05) is 5.73 Å². The van der Waals surface area contributed by atoms with Gasteiger partial charge in [0, 0.05) is 11.8 Å². The first-order valence-corrected chi connectivity index (χ1v) is 8.63. The number of primary amides is 1. The van der Waals surface area contributed by atoms with Gasteiger partial charge in [0.1, 0.15) is 5.00 Å². The minimum Gasteiger partial charge on any atom is -0.478 e. The third-order valence-electron chi connectivity index (χ3n) is 5.02. The molecule has 0 aromatic carbocycles. The lowest BCUT2D eigenvalue weighted by molar-refractivity contribution is -0.118. The van der Waals surface area contributed by atoms with Gasteiger partial charge in [-0.15, -0.1) is 11.3 Å². The topological polar surface area (TPSA) is 123 Å². The molecule has 1 saturated carbocycles. The molecule has 1 atom stereocenters. The van der Waals surface area contributed by atoms with E-state index in [4.69, 9.17) is 11.5 Å². The molecule has 1 fully saturated rings. The van der Waals surface area contributed by atoms with Crippen LogP contribution >= 0.6 is 11.3 Å². The number of carboxylic acids is 1. The fourth-order valence-corrected chi connectivity index (χ4v) is 4.80. The van der Waals surface area contributed by atoms with Crippen molar-refractivity contribution in [1.29, 1.82) is 0 Å². The fourth-order valence-electron chi connectivity index (χ4n) is 3.63. The molecule has 0 radical (unpaired) electrons. The van der Waals surface area contributed by atoms with Crippen LogP contribution in [0.4, 0.5) is 5.00 Å². The van der Waals surface area contributed by atoms with E-state index in [-0.39, 0.29) is 22.8 Å². The third kappa shape index (κ3) is 2.85. The van der Waals surface area contributed by atoms with Gasteiger partial charge in [-0.3, -0.25) is 9.59 Å². The van der Waals surface area contributed by atoms with Gasteiger partial charge in [0.2, 0.25) is 5.91 Å². The smallest absolute Gasteiger partial charge is 0.338 e. The first-order chi connectivity index (χ1) is 10.8. The summed E-state index contributed by atoms with van der Waals surface area (Å²) in [5.74, 6) is -1.00. The number of amides is 1. The molecule has 2 aliphatic rings. The van der Waals surface area contributed by atoms with Crippen molar-refractivity contribution in [3.05, 3.63) is 16.0 Å². The van der Waals surface area contributed by atoms with E-state index < -0.39 is 17.3 Å². The summed E-state index contributed by atoms with van der Waals surface area (Å²) >= 11 is 1.07. The van der Waals surface area contributed by atoms with Crippen LogP contribution in [-0.2, 0) is 11.2 Å². The van der Waals surface area contributed by atoms with Crippen LogP contribution in [-0.4, -0.2) is 22.8 Å². The SMILES string of the molecule is NC(=O)CCC1(CC2CC2)CCc2c(sc(N)c2C(=O)O)C1=O. The normalized spacial score (nSPS) is 23.6. The molecule has 124 valence electrons. The Balaban J connectivity index is 1.97. The maximum Gasteiger partial charge on any atom is 0.338 e. The van der Waals surface area contributed by atoms with E-state index in [1.165, 1.54) is 0 Å². The molecule has 0 saturated heterocycles. The highest BCUT2D eigenvalue weighted by atomic mass is 32.1. The Hall–Kier alpha value is -1.89. The van der Waals surface area contributed by atoms with Crippen LogP contribution in [0.5, 0.6) is 0 Å². The summed E-state index contributed by atoms with van der Waals surface area (Å²) in [5, 5.41) is 9.50. The van der Waals surface area contributed by atoms with Crippen LogP contribution in [0.15, 0.2) is 0 Å². The van der Waals surface area contributed by atoms with Crippen molar-refractivity contribution in [3.63, 3.8) is 0 Å². The molecule has 23 heavy (non-hydrogen) atoms. The predicted molar refractivity (Wildman–Crippen MR) is 86.5 cm³/mol. The van der Waals surface area contributed by atoms with Gasteiger partial charge in [0.25, 0.3) is 0 Å². The van der Waals surface area contributed by atoms with Crippen LogP contribution in [0.1, 0.15) is 64.1 Å².